The van der Waals surface area contributed by atoms with Crippen LogP contribution >= 0.6 is 0 Å². The van der Waals surface area contributed by atoms with Crippen molar-refractivity contribution in [3.8, 4) is 0 Å². The lowest BCUT2D eigenvalue weighted by Crippen LogP contribution is -2.54. The highest BCUT2D eigenvalue weighted by molar-refractivity contribution is 5.83. The van der Waals surface area contributed by atoms with Crippen LogP contribution in [0.15, 0.2) is 0 Å². The third-order valence-corrected chi connectivity index (χ3v) is 3.32. The summed E-state index contributed by atoms with van der Waals surface area (Å²) >= 11 is 0. The van der Waals surface area contributed by atoms with E-state index < -0.39 is 0 Å². The fourth-order valence-electron chi connectivity index (χ4n) is 2.42. The molecule has 3 rings (SSSR count). The van der Waals surface area contributed by atoms with E-state index in [-0.39, 0.29) is 24.0 Å². The molecule has 0 bridgehead atoms. The first kappa shape index (κ1) is 7.76. The zero-order valence-corrected chi connectivity index (χ0v) is 7.35. The van der Waals surface area contributed by atoms with Gasteiger partial charge in [-0.05, 0) is 6.42 Å². The number of hydrogen-bond acceptors (Lipinski definition) is 3. The van der Waals surface area contributed by atoms with Crippen LogP contribution in [0.1, 0.15) is 6.42 Å². The third kappa shape index (κ3) is 1.02. The minimum absolute atomic E-state index is 0.126. The lowest BCUT2D eigenvalue weighted by molar-refractivity contribution is -0.144. The van der Waals surface area contributed by atoms with Crippen LogP contribution in [0.25, 0.3) is 0 Å². The number of aliphatic hydroxyl groups is 1. The quantitative estimate of drug-likeness (QED) is 0.580. The van der Waals surface area contributed by atoms with Gasteiger partial charge in [0.2, 0.25) is 5.91 Å². The van der Waals surface area contributed by atoms with E-state index in [1.807, 2.05) is 0 Å². The largest absolute Gasteiger partial charge is 0.389 e. The molecule has 0 aromatic heterocycles. The Kier molecular flexibility index (Phi) is 1.46. The van der Waals surface area contributed by atoms with Gasteiger partial charge in [0.05, 0.1) is 18.1 Å². The molecule has 13 heavy (non-hydrogen) atoms. The fourth-order valence-corrected chi connectivity index (χ4v) is 2.42. The molecule has 0 radical (unpaired) electrons. The Labute approximate surface area is 76.5 Å². The molecule has 1 aliphatic carbocycles. The smallest absolute Gasteiger partial charge is 0.228 e. The number of amides is 1. The maximum Gasteiger partial charge on any atom is 0.228 e. The number of rotatable bonds is 1. The number of carbonyl (C=O) groups excluding carboxylic acids is 1. The highest BCUT2D eigenvalue weighted by atomic mass is 16.5. The number of carbonyl (C=O) groups is 1. The Morgan fingerprint density at radius 1 is 1.46 bits per heavy atom. The zero-order chi connectivity index (χ0) is 9.00. The second-order valence-corrected chi connectivity index (χ2v) is 4.21. The molecule has 1 amide bonds. The predicted molar refractivity (Wildman–Crippen MR) is 43.9 cm³/mol. The summed E-state index contributed by atoms with van der Waals surface area (Å²) in [6, 6.07) is 0. The first-order chi connectivity index (χ1) is 6.27. The fraction of sp³-hybridized carbons (Fsp3) is 0.889. The molecule has 2 aliphatic heterocycles. The minimum atomic E-state index is -0.288. The molecule has 0 spiro atoms. The molecule has 1 saturated carbocycles. The molecule has 3 atom stereocenters. The highest BCUT2D eigenvalue weighted by Crippen LogP contribution is 2.50. The van der Waals surface area contributed by atoms with Crippen LogP contribution in [0.3, 0.4) is 0 Å². The summed E-state index contributed by atoms with van der Waals surface area (Å²) in [6.45, 7) is 1.87. The zero-order valence-electron chi connectivity index (χ0n) is 7.35. The molecule has 4 heteroatoms. The van der Waals surface area contributed by atoms with Crippen molar-refractivity contribution in [2.75, 3.05) is 19.7 Å². The average molecular weight is 183 g/mol. The molecule has 3 fully saturated rings. The molecular weight excluding hydrogens is 170 g/mol. The van der Waals surface area contributed by atoms with Crippen molar-refractivity contribution >= 4 is 5.91 Å². The summed E-state index contributed by atoms with van der Waals surface area (Å²) in [6.07, 6.45) is 0.964. The van der Waals surface area contributed by atoms with E-state index in [2.05, 4.69) is 0 Å². The van der Waals surface area contributed by atoms with Crippen molar-refractivity contribution in [1.29, 1.82) is 0 Å². The summed E-state index contributed by atoms with van der Waals surface area (Å²) in [5.41, 5.74) is 0. The van der Waals surface area contributed by atoms with E-state index in [9.17, 15) is 4.79 Å². The first-order valence-corrected chi connectivity index (χ1v) is 4.86. The maximum absolute atomic E-state index is 11.7. The molecule has 1 N–H and O–H groups in total. The Morgan fingerprint density at radius 3 is 2.77 bits per heavy atom. The van der Waals surface area contributed by atoms with Crippen LogP contribution in [-0.4, -0.2) is 47.8 Å². The summed E-state index contributed by atoms with van der Waals surface area (Å²) in [4.78, 5) is 13.4. The number of β-amino-alcohol motifs (C(OH)–C–C–N with tert-alkyl or cyclic N) is 1. The molecule has 0 aromatic carbocycles. The van der Waals surface area contributed by atoms with Crippen LogP contribution in [0.2, 0.25) is 0 Å². The predicted octanol–water partition coefficient (Wildman–Crippen LogP) is -0.776. The monoisotopic (exact) mass is 183 g/mol. The van der Waals surface area contributed by atoms with Gasteiger partial charge in [-0.1, -0.05) is 0 Å². The maximum atomic E-state index is 11.7. The highest BCUT2D eigenvalue weighted by Gasteiger charge is 2.60. The van der Waals surface area contributed by atoms with Gasteiger partial charge in [-0.3, -0.25) is 4.79 Å². The van der Waals surface area contributed by atoms with E-state index in [1.54, 1.807) is 4.90 Å². The second kappa shape index (κ2) is 2.45. The van der Waals surface area contributed by atoms with E-state index in [0.29, 0.717) is 19.0 Å². The number of likely N-dealkylation sites (tertiary alicyclic amines) is 1. The van der Waals surface area contributed by atoms with Gasteiger partial charge < -0.3 is 14.7 Å². The van der Waals surface area contributed by atoms with Crippen molar-refractivity contribution in [1.82, 2.24) is 4.90 Å². The van der Waals surface area contributed by atoms with Crippen LogP contribution in [0, 0.1) is 11.8 Å². The van der Waals surface area contributed by atoms with Crippen LogP contribution in [-0.2, 0) is 9.53 Å². The third-order valence-electron chi connectivity index (χ3n) is 3.32. The van der Waals surface area contributed by atoms with Crippen molar-refractivity contribution in [2.24, 2.45) is 11.8 Å². The molecule has 0 aromatic rings. The van der Waals surface area contributed by atoms with Crippen molar-refractivity contribution in [2.45, 2.75) is 18.6 Å². The lowest BCUT2D eigenvalue weighted by Gasteiger charge is -2.36. The van der Waals surface area contributed by atoms with Crippen molar-refractivity contribution in [3.05, 3.63) is 0 Å². The Morgan fingerprint density at radius 2 is 2.23 bits per heavy atom. The van der Waals surface area contributed by atoms with Crippen LogP contribution < -0.4 is 0 Å². The molecule has 3 aliphatic rings. The number of fused-ring (bicyclic) bond motifs is 1. The van der Waals surface area contributed by atoms with Crippen LogP contribution in [0.4, 0.5) is 0 Å². The number of nitrogens with zero attached hydrogens (tertiary/aromatic N) is 1. The minimum Gasteiger partial charge on any atom is -0.389 e. The molecule has 4 nitrogen and oxygen atoms in total. The van der Waals surface area contributed by atoms with Gasteiger partial charge in [-0.15, -0.1) is 0 Å². The standard InChI is InChI=1S/C9H13NO3/c11-5-3-10(4-5)9(12)7-6-1-2-13-8(6)7/h5-8,11H,1-4H2. The second-order valence-electron chi connectivity index (χ2n) is 4.21. The van der Waals surface area contributed by atoms with Gasteiger partial charge in [-0.2, -0.15) is 0 Å². The van der Waals surface area contributed by atoms with E-state index in [4.69, 9.17) is 9.84 Å². The summed E-state index contributed by atoms with van der Waals surface area (Å²) in [5, 5.41) is 9.05. The summed E-state index contributed by atoms with van der Waals surface area (Å²) in [5.74, 6) is 0.812. The van der Waals surface area contributed by atoms with E-state index in [1.165, 1.54) is 0 Å². The van der Waals surface area contributed by atoms with Crippen molar-refractivity contribution in [3.63, 3.8) is 0 Å². The van der Waals surface area contributed by atoms with Gasteiger partial charge in [0, 0.05) is 25.6 Å². The number of ether oxygens (including phenoxy) is 1. The Hall–Kier alpha value is -0.610. The molecule has 72 valence electrons. The van der Waals surface area contributed by atoms with Crippen LogP contribution in [0.5, 0.6) is 0 Å². The summed E-state index contributed by atoms with van der Waals surface area (Å²) < 4.78 is 5.40. The Balaban J connectivity index is 1.59. The topological polar surface area (TPSA) is 49.8 Å². The molecule has 2 saturated heterocycles. The van der Waals surface area contributed by atoms with Gasteiger partial charge in [0.15, 0.2) is 0 Å². The Bertz CT molecular complexity index is 239. The van der Waals surface area contributed by atoms with Gasteiger partial charge in [0.1, 0.15) is 0 Å². The van der Waals surface area contributed by atoms with E-state index in [0.717, 1.165) is 13.0 Å². The molecular formula is C9H13NO3. The van der Waals surface area contributed by atoms with Gasteiger partial charge in [-0.25, -0.2) is 0 Å². The normalized spacial score (nSPS) is 42.8. The SMILES string of the molecule is O=C(C1C2CCOC21)N1CC(O)C1. The van der Waals surface area contributed by atoms with E-state index >= 15 is 0 Å². The lowest BCUT2D eigenvalue weighted by atomic mass is 10.1. The average Bonchev–Trinajstić information content (AvgIpc) is 2.53. The van der Waals surface area contributed by atoms with Gasteiger partial charge in [0.25, 0.3) is 0 Å². The van der Waals surface area contributed by atoms with Gasteiger partial charge >= 0.3 is 0 Å². The number of hydrogen-bond donors (Lipinski definition) is 1. The number of aliphatic hydroxyl groups excluding tert-OH is 1. The van der Waals surface area contributed by atoms with Crippen molar-refractivity contribution < 1.29 is 14.6 Å². The molecule has 3 unspecified atom stereocenters. The first-order valence-electron chi connectivity index (χ1n) is 4.86. The summed E-state index contributed by atoms with van der Waals surface area (Å²) in [7, 11) is 0. The molecule has 2 heterocycles.